The Balaban J connectivity index is 2.02. The third-order valence-electron chi connectivity index (χ3n) is 2.98. The van der Waals surface area contributed by atoms with Crippen molar-refractivity contribution in [2.75, 3.05) is 7.05 Å². The zero-order valence-electron chi connectivity index (χ0n) is 9.98. The standard InChI is InChI=1S/C12H16ClN3O/c1-14-11(10-6-8-17-12(10)13)4-3-9-5-7-15-16(9)2/h5-8,11,14H,3-4H2,1-2H3. The molecule has 92 valence electrons. The fraction of sp³-hybridized carbons (Fsp3) is 0.417. The molecule has 1 atom stereocenters. The van der Waals surface area contributed by atoms with E-state index in [9.17, 15) is 0 Å². The monoisotopic (exact) mass is 253 g/mol. The molecule has 17 heavy (non-hydrogen) atoms. The minimum atomic E-state index is 0.205. The second kappa shape index (κ2) is 5.38. The Morgan fingerprint density at radius 2 is 2.35 bits per heavy atom. The first-order valence-corrected chi connectivity index (χ1v) is 5.97. The molecule has 0 spiro atoms. The van der Waals surface area contributed by atoms with E-state index in [2.05, 4.69) is 10.4 Å². The van der Waals surface area contributed by atoms with Gasteiger partial charge in [-0.15, -0.1) is 0 Å². The molecule has 1 N–H and O–H groups in total. The summed E-state index contributed by atoms with van der Waals surface area (Å²) in [6.07, 6.45) is 5.33. The van der Waals surface area contributed by atoms with E-state index < -0.39 is 0 Å². The quantitative estimate of drug-likeness (QED) is 0.891. The fourth-order valence-corrected chi connectivity index (χ4v) is 2.19. The highest BCUT2D eigenvalue weighted by molar-refractivity contribution is 6.29. The summed E-state index contributed by atoms with van der Waals surface area (Å²) in [5.74, 6) is 0. The highest BCUT2D eigenvalue weighted by atomic mass is 35.5. The van der Waals surface area contributed by atoms with E-state index in [1.807, 2.05) is 37.1 Å². The zero-order valence-corrected chi connectivity index (χ0v) is 10.7. The Bertz CT molecular complexity index is 478. The van der Waals surface area contributed by atoms with Gasteiger partial charge in [0.1, 0.15) is 0 Å². The van der Waals surface area contributed by atoms with E-state index >= 15 is 0 Å². The van der Waals surface area contributed by atoms with Crippen molar-refractivity contribution in [3.8, 4) is 0 Å². The smallest absolute Gasteiger partial charge is 0.197 e. The normalized spacial score (nSPS) is 12.9. The van der Waals surface area contributed by atoms with Crippen molar-refractivity contribution < 1.29 is 4.42 Å². The van der Waals surface area contributed by atoms with Crippen LogP contribution >= 0.6 is 11.6 Å². The second-order valence-corrected chi connectivity index (χ2v) is 4.32. The molecule has 0 radical (unpaired) electrons. The lowest BCUT2D eigenvalue weighted by molar-refractivity contribution is 0.518. The summed E-state index contributed by atoms with van der Waals surface area (Å²) in [6.45, 7) is 0. The Hall–Kier alpha value is -1.26. The van der Waals surface area contributed by atoms with Crippen LogP contribution in [0.25, 0.3) is 0 Å². The van der Waals surface area contributed by atoms with Crippen LogP contribution < -0.4 is 5.32 Å². The van der Waals surface area contributed by atoms with Crippen LogP contribution in [0.2, 0.25) is 5.22 Å². The molecule has 5 heteroatoms. The molecule has 0 amide bonds. The maximum Gasteiger partial charge on any atom is 0.197 e. The highest BCUT2D eigenvalue weighted by Gasteiger charge is 2.15. The summed E-state index contributed by atoms with van der Waals surface area (Å²) in [7, 11) is 3.88. The largest absolute Gasteiger partial charge is 0.453 e. The van der Waals surface area contributed by atoms with Gasteiger partial charge in [0.25, 0.3) is 0 Å². The average molecular weight is 254 g/mol. The van der Waals surface area contributed by atoms with Crippen LogP contribution in [0, 0.1) is 0 Å². The molecule has 0 aliphatic carbocycles. The molecule has 2 aromatic heterocycles. The van der Waals surface area contributed by atoms with E-state index in [1.165, 1.54) is 5.69 Å². The van der Waals surface area contributed by atoms with E-state index in [0.29, 0.717) is 5.22 Å². The Labute approximate surface area is 106 Å². The lowest BCUT2D eigenvalue weighted by Crippen LogP contribution is -2.17. The van der Waals surface area contributed by atoms with Crippen LogP contribution in [0.4, 0.5) is 0 Å². The van der Waals surface area contributed by atoms with Crippen molar-refractivity contribution >= 4 is 11.6 Å². The average Bonchev–Trinajstić information content (AvgIpc) is 2.90. The van der Waals surface area contributed by atoms with Gasteiger partial charge in [0.15, 0.2) is 5.22 Å². The number of hydrogen-bond acceptors (Lipinski definition) is 3. The molecular weight excluding hydrogens is 238 g/mol. The Morgan fingerprint density at radius 3 is 2.88 bits per heavy atom. The van der Waals surface area contributed by atoms with Gasteiger partial charge in [-0.05, 0) is 43.6 Å². The number of rotatable bonds is 5. The first kappa shape index (κ1) is 12.2. The van der Waals surface area contributed by atoms with Crippen LogP contribution in [-0.4, -0.2) is 16.8 Å². The Morgan fingerprint density at radius 1 is 1.53 bits per heavy atom. The van der Waals surface area contributed by atoms with Crippen LogP contribution in [0.1, 0.15) is 23.7 Å². The fourth-order valence-electron chi connectivity index (χ4n) is 1.95. The molecule has 0 aliphatic heterocycles. The molecular formula is C12H16ClN3O. The summed E-state index contributed by atoms with van der Waals surface area (Å²) in [6, 6.07) is 4.15. The lowest BCUT2D eigenvalue weighted by Gasteiger charge is -2.14. The first-order valence-electron chi connectivity index (χ1n) is 5.59. The Kier molecular flexibility index (Phi) is 3.86. The van der Waals surface area contributed by atoms with Gasteiger partial charge in [0, 0.05) is 30.5 Å². The van der Waals surface area contributed by atoms with E-state index in [0.717, 1.165) is 18.4 Å². The maximum absolute atomic E-state index is 5.98. The summed E-state index contributed by atoms with van der Waals surface area (Å²) in [4.78, 5) is 0. The van der Waals surface area contributed by atoms with Crippen molar-refractivity contribution in [1.82, 2.24) is 15.1 Å². The summed E-state index contributed by atoms with van der Waals surface area (Å²) < 4.78 is 7.01. The van der Waals surface area contributed by atoms with Crippen molar-refractivity contribution in [2.24, 2.45) is 7.05 Å². The van der Waals surface area contributed by atoms with Crippen molar-refractivity contribution in [3.63, 3.8) is 0 Å². The van der Waals surface area contributed by atoms with Gasteiger partial charge in [-0.1, -0.05) is 0 Å². The molecule has 0 saturated heterocycles. The summed E-state index contributed by atoms with van der Waals surface area (Å²) in [5.41, 5.74) is 2.22. The SMILES string of the molecule is CNC(CCc1ccnn1C)c1ccoc1Cl. The van der Waals surface area contributed by atoms with Crippen LogP contribution in [-0.2, 0) is 13.5 Å². The topological polar surface area (TPSA) is 43.0 Å². The molecule has 0 saturated carbocycles. The molecule has 1 unspecified atom stereocenters. The van der Waals surface area contributed by atoms with Crippen LogP contribution in [0.15, 0.2) is 29.0 Å². The van der Waals surface area contributed by atoms with Gasteiger partial charge in [-0.25, -0.2) is 0 Å². The molecule has 0 fully saturated rings. The molecule has 2 aromatic rings. The number of aromatic nitrogens is 2. The number of hydrogen-bond donors (Lipinski definition) is 1. The summed E-state index contributed by atoms with van der Waals surface area (Å²) >= 11 is 5.98. The highest BCUT2D eigenvalue weighted by Crippen LogP contribution is 2.26. The number of nitrogens with one attached hydrogen (secondary N) is 1. The van der Waals surface area contributed by atoms with E-state index in [4.69, 9.17) is 16.0 Å². The number of halogens is 1. The number of furan rings is 1. The predicted molar refractivity (Wildman–Crippen MR) is 67.0 cm³/mol. The van der Waals surface area contributed by atoms with Gasteiger partial charge in [-0.3, -0.25) is 4.68 Å². The maximum atomic E-state index is 5.98. The summed E-state index contributed by atoms with van der Waals surface area (Å²) in [5, 5.41) is 7.87. The minimum absolute atomic E-state index is 0.205. The van der Waals surface area contributed by atoms with Crippen molar-refractivity contribution in [1.29, 1.82) is 0 Å². The van der Waals surface area contributed by atoms with Gasteiger partial charge in [0.2, 0.25) is 0 Å². The van der Waals surface area contributed by atoms with Gasteiger partial charge in [0.05, 0.1) is 6.26 Å². The second-order valence-electron chi connectivity index (χ2n) is 3.98. The third-order valence-corrected chi connectivity index (χ3v) is 3.29. The van der Waals surface area contributed by atoms with E-state index in [1.54, 1.807) is 6.26 Å². The third kappa shape index (κ3) is 2.70. The molecule has 0 bridgehead atoms. The van der Waals surface area contributed by atoms with Crippen LogP contribution in [0.5, 0.6) is 0 Å². The van der Waals surface area contributed by atoms with Gasteiger partial charge in [-0.2, -0.15) is 5.10 Å². The zero-order chi connectivity index (χ0) is 12.3. The van der Waals surface area contributed by atoms with Crippen molar-refractivity contribution in [2.45, 2.75) is 18.9 Å². The molecule has 0 aliphatic rings. The molecule has 4 nitrogen and oxygen atoms in total. The molecule has 0 aromatic carbocycles. The van der Waals surface area contributed by atoms with Crippen LogP contribution in [0.3, 0.4) is 0 Å². The lowest BCUT2D eigenvalue weighted by atomic mass is 10.0. The van der Waals surface area contributed by atoms with Gasteiger partial charge >= 0.3 is 0 Å². The van der Waals surface area contributed by atoms with Gasteiger partial charge < -0.3 is 9.73 Å². The van der Waals surface area contributed by atoms with Crippen molar-refractivity contribution in [3.05, 3.63) is 41.1 Å². The van der Waals surface area contributed by atoms with E-state index in [-0.39, 0.29) is 6.04 Å². The number of aryl methyl sites for hydroxylation is 2. The first-order chi connectivity index (χ1) is 8.22. The number of nitrogens with zero attached hydrogens (tertiary/aromatic N) is 2. The predicted octanol–water partition coefficient (Wildman–Crippen LogP) is 2.56. The molecule has 2 heterocycles. The molecule has 2 rings (SSSR count). The minimum Gasteiger partial charge on any atom is -0.453 e.